The summed E-state index contributed by atoms with van der Waals surface area (Å²) in [7, 11) is 0. The first-order valence-electron chi connectivity index (χ1n) is 7.42. The molecule has 20 heavy (non-hydrogen) atoms. The van der Waals surface area contributed by atoms with Crippen LogP contribution in [0.2, 0.25) is 0 Å². The highest BCUT2D eigenvalue weighted by Crippen LogP contribution is 2.46. The Morgan fingerprint density at radius 3 is 2.60 bits per heavy atom. The SMILES string of the molecule is N/C(=N/O)c1cccnc1N1CCC2(CCCC2)CC1. The number of nitrogens with two attached hydrogens (primary N) is 1. The van der Waals surface area contributed by atoms with Crippen molar-refractivity contribution in [3.05, 3.63) is 23.9 Å². The van der Waals surface area contributed by atoms with Crippen molar-refractivity contribution >= 4 is 11.7 Å². The zero-order valence-electron chi connectivity index (χ0n) is 11.8. The summed E-state index contributed by atoms with van der Waals surface area (Å²) < 4.78 is 0. The first kappa shape index (κ1) is 13.2. The smallest absolute Gasteiger partial charge is 0.173 e. The lowest BCUT2D eigenvalue weighted by Crippen LogP contribution is -2.40. The number of hydrogen-bond acceptors (Lipinski definition) is 4. The highest BCUT2D eigenvalue weighted by Gasteiger charge is 2.37. The fraction of sp³-hybridized carbons (Fsp3) is 0.600. The Morgan fingerprint density at radius 1 is 1.25 bits per heavy atom. The number of nitrogens with zero attached hydrogens (tertiary/aromatic N) is 3. The van der Waals surface area contributed by atoms with Crippen molar-refractivity contribution in [2.75, 3.05) is 18.0 Å². The molecule has 1 aromatic rings. The molecule has 0 radical (unpaired) electrons. The maximum atomic E-state index is 8.90. The Hall–Kier alpha value is -1.78. The van der Waals surface area contributed by atoms with E-state index in [0.29, 0.717) is 5.41 Å². The van der Waals surface area contributed by atoms with Gasteiger partial charge in [0.25, 0.3) is 0 Å². The van der Waals surface area contributed by atoms with Crippen LogP contribution in [0.1, 0.15) is 44.1 Å². The van der Waals surface area contributed by atoms with Gasteiger partial charge in [0.15, 0.2) is 5.84 Å². The normalized spacial score (nSPS) is 22.4. The second-order valence-electron chi connectivity index (χ2n) is 6.05. The van der Waals surface area contributed by atoms with E-state index >= 15 is 0 Å². The van der Waals surface area contributed by atoms with Crippen LogP contribution in [0.3, 0.4) is 0 Å². The number of pyridine rings is 1. The van der Waals surface area contributed by atoms with Crippen LogP contribution in [0.15, 0.2) is 23.5 Å². The quantitative estimate of drug-likeness (QED) is 0.376. The number of amidine groups is 1. The first-order valence-corrected chi connectivity index (χ1v) is 7.42. The van der Waals surface area contributed by atoms with Crippen molar-refractivity contribution in [1.29, 1.82) is 0 Å². The van der Waals surface area contributed by atoms with Gasteiger partial charge in [0.05, 0.1) is 5.56 Å². The third-order valence-electron chi connectivity index (χ3n) is 4.96. The van der Waals surface area contributed by atoms with E-state index in [2.05, 4.69) is 15.0 Å². The molecule has 3 N–H and O–H groups in total. The lowest BCUT2D eigenvalue weighted by molar-refractivity contribution is 0.226. The number of rotatable bonds is 2. The highest BCUT2D eigenvalue weighted by atomic mass is 16.4. The molecule has 0 unspecified atom stereocenters. The summed E-state index contributed by atoms with van der Waals surface area (Å²) in [6.45, 7) is 2.03. The third kappa shape index (κ3) is 2.32. The van der Waals surface area contributed by atoms with Crippen LogP contribution in [0.4, 0.5) is 5.82 Å². The Morgan fingerprint density at radius 2 is 1.95 bits per heavy atom. The largest absolute Gasteiger partial charge is 0.409 e. The van der Waals surface area contributed by atoms with Crippen molar-refractivity contribution in [2.24, 2.45) is 16.3 Å². The lowest BCUT2D eigenvalue weighted by atomic mass is 9.77. The number of anilines is 1. The molecule has 2 heterocycles. The van der Waals surface area contributed by atoms with E-state index < -0.39 is 0 Å². The van der Waals surface area contributed by atoms with Gasteiger partial charge in [-0.1, -0.05) is 18.0 Å². The third-order valence-corrected chi connectivity index (χ3v) is 4.96. The van der Waals surface area contributed by atoms with E-state index in [1.165, 1.54) is 38.5 Å². The second kappa shape index (κ2) is 5.31. The molecule has 0 atom stereocenters. The van der Waals surface area contributed by atoms with E-state index in [0.717, 1.165) is 24.5 Å². The summed E-state index contributed by atoms with van der Waals surface area (Å²) in [5.41, 5.74) is 7.06. The topological polar surface area (TPSA) is 74.7 Å². The van der Waals surface area contributed by atoms with Crippen molar-refractivity contribution in [2.45, 2.75) is 38.5 Å². The number of aromatic nitrogens is 1. The minimum Gasteiger partial charge on any atom is -0.409 e. The lowest BCUT2D eigenvalue weighted by Gasteiger charge is -2.40. The van der Waals surface area contributed by atoms with E-state index in [4.69, 9.17) is 10.9 Å². The zero-order chi connectivity index (χ0) is 14.0. The van der Waals surface area contributed by atoms with Crippen molar-refractivity contribution in [3.8, 4) is 0 Å². The van der Waals surface area contributed by atoms with Gasteiger partial charge in [-0.15, -0.1) is 0 Å². The van der Waals surface area contributed by atoms with Gasteiger partial charge in [0.1, 0.15) is 5.82 Å². The second-order valence-corrected chi connectivity index (χ2v) is 6.05. The van der Waals surface area contributed by atoms with Crippen LogP contribution in [-0.2, 0) is 0 Å². The van der Waals surface area contributed by atoms with Gasteiger partial charge >= 0.3 is 0 Å². The molecule has 1 saturated heterocycles. The summed E-state index contributed by atoms with van der Waals surface area (Å²) >= 11 is 0. The van der Waals surface area contributed by atoms with Crippen LogP contribution < -0.4 is 10.6 Å². The average Bonchev–Trinajstić information content (AvgIpc) is 2.95. The maximum absolute atomic E-state index is 8.90. The van der Waals surface area contributed by atoms with Gasteiger partial charge < -0.3 is 15.8 Å². The van der Waals surface area contributed by atoms with Crippen LogP contribution in [0, 0.1) is 5.41 Å². The first-order chi connectivity index (χ1) is 9.74. The Labute approximate surface area is 119 Å². The summed E-state index contributed by atoms with van der Waals surface area (Å²) in [4.78, 5) is 6.72. The predicted molar refractivity (Wildman–Crippen MR) is 79.1 cm³/mol. The molecule has 0 bridgehead atoms. The van der Waals surface area contributed by atoms with Gasteiger partial charge in [-0.25, -0.2) is 4.98 Å². The molecule has 0 aromatic carbocycles. The van der Waals surface area contributed by atoms with Gasteiger partial charge in [0, 0.05) is 19.3 Å². The molecule has 5 nitrogen and oxygen atoms in total. The van der Waals surface area contributed by atoms with Gasteiger partial charge in [0.2, 0.25) is 0 Å². The Kier molecular flexibility index (Phi) is 3.51. The summed E-state index contributed by atoms with van der Waals surface area (Å²) in [6.07, 6.45) is 9.78. The Bertz CT molecular complexity index is 498. The Balaban J connectivity index is 1.78. The van der Waals surface area contributed by atoms with Crippen LogP contribution >= 0.6 is 0 Å². The minimum atomic E-state index is 0.134. The van der Waals surface area contributed by atoms with Crippen molar-refractivity contribution < 1.29 is 5.21 Å². The molecule has 1 aromatic heterocycles. The monoisotopic (exact) mass is 274 g/mol. The molecule has 2 fully saturated rings. The summed E-state index contributed by atoms with van der Waals surface area (Å²) in [6, 6.07) is 3.68. The molecule has 1 saturated carbocycles. The standard InChI is InChI=1S/C15H22N4O/c16-13(18-20)12-4-3-9-17-14(12)19-10-7-15(8-11-19)5-1-2-6-15/h3-4,9,20H,1-2,5-8,10-11H2,(H2,16,18). The van der Waals surface area contributed by atoms with Crippen LogP contribution in [-0.4, -0.2) is 29.1 Å². The molecule has 1 spiro atoms. The van der Waals surface area contributed by atoms with E-state index in [1.54, 1.807) is 6.20 Å². The summed E-state index contributed by atoms with van der Waals surface area (Å²) in [5, 5.41) is 12.0. The number of hydrogen-bond donors (Lipinski definition) is 2. The molecule has 5 heteroatoms. The van der Waals surface area contributed by atoms with Crippen LogP contribution in [0.25, 0.3) is 0 Å². The minimum absolute atomic E-state index is 0.134. The fourth-order valence-corrected chi connectivity index (χ4v) is 3.72. The van der Waals surface area contributed by atoms with E-state index in [-0.39, 0.29) is 5.84 Å². The van der Waals surface area contributed by atoms with Gasteiger partial charge in [-0.05, 0) is 43.2 Å². The predicted octanol–water partition coefficient (Wildman–Crippen LogP) is 2.34. The summed E-state index contributed by atoms with van der Waals surface area (Å²) in [5.74, 6) is 0.977. The van der Waals surface area contributed by atoms with E-state index in [9.17, 15) is 0 Å². The molecular weight excluding hydrogens is 252 g/mol. The van der Waals surface area contributed by atoms with E-state index in [1.807, 2.05) is 12.1 Å². The van der Waals surface area contributed by atoms with Gasteiger partial charge in [-0.3, -0.25) is 0 Å². The van der Waals surface area contributed by atoms with Crippen LogP contribution in [0.5, 0.6) is 0 Å². The van der Waals surface area contributed by atoms with Crippen molar-refractivity contribution in [1.82, 2.24) is 4.98 Å². The molecule has 0 amide bonds. The average molecular weight is 274 g/mol. The molecule has 2 aliphatic rings. The molecular formula is C15H22N4O. The molecule has 1 aliphatic heterocycles. The van der Waals surface area contributed by atoms with Crippen molar-refractivity contribution in [3.63, 3.8) is 0 Å². The number of piperidine rings is 1. The highest BCUT2D eigenvalue weighted by molar-refractivity contribution is 6.01. The fourth-order valence-electron chi connectivity index (χ4n) is 3.72. The molecule has 108 valence electrons. The maximum Gasteiger partial charge on any atom is 0.173 e. The molecule has 3 rings (SSSR count). The zero-order valence-corrected chi connectivity index (χ0v) is 11.8. The van der Waals surface area contributed by atoms with Gasteiger partial charge in [-0.2, -0.15) is 0 Å². The number of oxime groups is 1. The molecule has 1 aliphatic carbocycles.